The lowest BCUT2D eigenvalue weighted by atomic mass is 9.84. The van der Waals surface area contributed by atoms with Gasteiger partial charge in [0, 0.05) is 5.56 Å². The van der Waals surface area contributed by atoms with Gasteiger partial charge < -0.3 is 0 Å². The Kier molecular flexibility index (Phi) is 2.67. The Morgan fingerprint density at radius 1 is 1.11 bits per heavy atom. The van der Waals surface area contributed by atoms with Crippen molar-refractivity contribution in [3.63, 3.8) is 0 Å². The molecule has 3 rings (SSSR count). The summed E-state index contributed by atoms with van der Waals surface area (Å²) >= 11 is 0. The molecule has 2 aromatic carbocycles. The summed E-state index contributed by atoms with van der Waals surface area (Å²) in [5.74, 6) is 0.270. The van der Waals surface area contributed by atoms with E-state index in [9.17, 15) is 4.79 Å². The molecule has 1 unspecified atom stereocenters. The number of fused-ring (bicyclic) bond motifs is 3. The van der Waals surface area contributed by atoms with Crippen LogP contribution in [0.4, 0.5) is 0 Å². The van der Waals surface area contributed by atoms with Crippen LogP contribution in [0.3, 0.4) is 0 Å². The molecule has 0 aromatic heterocycles. The van der Waals surface area contributed by atoms with Crippen LogP contribution in [0.1, 0.15) is 22.3 Å². The maximum Gasteiger partial charge on any atom is 0.180 e. The van der Waals surface area contributed by atoms with Gasteiger partial charge in [-0.1, -0.05) is 36.4 Å². The summed E-state index contributed by atoms with van der Waals surface area (Å²) in [6, 6.07) is 12.4. The van der Waals surface area contributed by atoms with Crippen LogP contribution < -0.4 is 0 Å². The van der Waals surface area contributed by atoms with Crippen molar-refractivity contribution in [1.82, 2.24) is 4.90 Å². The van der Waals surface area contributed by atoms with Crippen molar-refractivity contribution in [2.24, 2.45) is 0 Å². The monoisotopic (exact) mass is 239 g/mol. The lowest BCUT2D eigenvalue weighted by Crippen LogP contribution is -2.39. The minimum Gasteiger partial charge on any atom is -0.299 e. The maximum atomic E-state index is 12.5. The van der Waals surface area contributed by atoms with Crippen molar-refractivity contribution < 1.29 is 4.79 Å². The molecule has 0 heterocycles. The Morgan fingerprint density at radius 2 is 1.89 bits per heavy atom. The van der Waals surface area contributed by atoms with Gasteiger partial charge >= 0.3 is 0 Å². The molecule has 92 valence electrons. The Labute approximate surface area is 107 Å². The summed E-state index contributed by atoms with van der Waals surface area (Å²) in [7, 11) is 3.96. The van der Waals surface area contributed by atoms with Gasteiger partial charge in [0.1, 0.15) is 0 Å². The highest BCUT2D eigenvalue weighted by molar-refractivity contribution is 6.06. The van der Waals surface area contributed by atoms with E-state index in [1.807, 2.05) is 37.2 Å². The normalized spacial score (nSPS) is 19.3. The standard InChI is InChI=1S/C16H17NO/c1-17(2)15-10-9-13-12-6-4-3-5-11(12)7-8-14(13)16(15)18/h3-8,15H,9-10H2,1-2H3. The summed E-state index contributed by atoms with van der Waals surface area (Å²) in [6.07, 6.45) is 1.91. The number of carbonyl (C=O) groups is 1. The number of hydrogen-bond acceptors (Lipinski definition) is 2. The van der Waals surface area contributed by atoms with E-state index in [1.54, 1.807) is 0 Å². The minimum atomic E-state index is 0.0404. The van der Waals surface area contributed by atoms with Gasteiger partial charge in [-0.05, 0) is 43.3 Å². The number of aryl methyl sites for hydroxylation is 1. The fraction of sp³-hybridized carbons (Fsp3) is 0.312. The largest absolute Gasteiger partial charge is 0.299 e. The molecule has 0 bridgehead atoms. The second kappa shape index (κ2) is 4.21. The third-order valence-corrected chi connectivity index (χ3v) is 3.90. The number of benzene rings is 2. The van der Waals surface area contributed by atoms with Crippen molar-refractivity contribution in [2.45, 2.75) is 18.9 Å². The van der Waals surface area contributed by atoms with E-state index in [-0.39, 0.29) is 11.8 Å². The molecule has 0 N–H and O–H groups in total. The van der Waals surface area contributed by atoms with Crippen LogP contribution in [0.5, 0.6) is 0 Å². The van der Waals surface area contributed by atoms with E-state index in [0.29, 0.717) is 0 Å². The van der Waals surface area contributed by atoms with E-state index in [4.69, 9.17) is 0 Å². The molecular formula is C16H17NO. The van der Waals surface area contributed by atoms with E-state index >= 15 is 0 Å². The summed E-state index contributed by atoms with van der Waals surface area (Å²) in [6.45, 7) is 0. The molecule has 2 aromatic rings. The van der Waals surface area contributed by atoms with Gasteiger partial charge in [-0.15, -0.1) is 0 Å². The Balaban J connectivity index is 2.18. The highest BCUT2D eigenvalue weighted by Crippen LogP contribution is 2.30. The maximum absolute atomic E-state index is 12.5. The third kappa shape index (κ3) is 1.65. The molecule has 0 spiro atoms. The first kappa shape index (κ1) is 11.4. The molecular weight excluding hydrogens is 222 g/mol. The summed E-state index contributed by atoms with van der Waals surface area (Å²) in [5, 5.41) is 2.47. The molecule has 2 nitrogen and oxygen atoms in total. The lowest BCUT2D eigenvalue weighted by molar-refractivity contribution is 0.0854. The highest BCUT2D eigenvalue weighted by Gasteiger charge is 2.29. The van der Waals surface area contributed by atoms with E-state index in [1.165, 1.54) is 16.3 Å². The van der Waals surface area contributed by atoms with Crippen LogP contribution in [0.2, 0.25) is 0 Å². The molecule has 18 heavy (non-hydrogen) atoms. The fourth-order valence-electron chi connectivity index (χ4n) is 2.92. The predicted octanol–water partition coefficient (Wildman–Crippen LogP) is 2.90. The zero-order valence-corrected chi connectivity index (χ0v) is 10.8. The quantitative estimate of drug-likeness (QED) is 0.762. The van der Waals surface area contributed by atoms with Crippen LogP contribution in [-0.4, -0.2) is 30.8 Å². The van der Waals surface area contributed by atoms with Crippen LogP contribution in [-0.2, 0) is 6.42 Å². The number of rotatable bonds is 1. The van der Waals surface area contributed by atoms with E-state index in [0.717, 1.165) is 18.4 Å². The Hall–Kier alpha value is -1.67. The zero-order valence-electron chi connectivity index (χ0n) is 10.8. The second-order valence-corrected chi connectivity index (χ2v) is 5.20. The molecule has 1 aliphatic rings. The number of likely N-dealkylation sites (N-methyl/N-ethyl adjacent to an activating group) is 1. The summed E-state index contributed by atoms with van der Waals surface area (Å²) < 4.78 is 0. The molecule has 0 saturated heterocycles. The van der Waals surface area contributed by atoms with Crippen molar-refractivity contribution >= 4 is 16.6 Å². The van der Waals surface area contributed by atoms with E-state index < -0.39 is 0 Å². The minimum absolute atomic E-state index is 0.0404. The van der Waals surface area contributed by atoms with Gasteiger partial charge in [0.15, 0.2) is 5.78 Å². The van der Waals surface area contributed by atoms with Crippen LogP contribution in [0, 0.1) is 0 Å². The number of Topliss-reactive ketones (excluding diaryl/α,β-unsaturated/α-hetero) is 1. The second-order valence-electron chi connectivity index (χ2n) is 5.20. The van der Waals surface area contributed by atoms with Crippen LogP contribution in [0.15, 0.2) is 36.4 Å². The van der Waals surface area contributed by atoms with Crippen molar-refractivity contribution in [3.05, 3.63) is 47.5 Å². The molecule has 2 heteroatoms. The topological polar surface area (TPSA) is 20.3 Å². The average Bonchev–Trinajstić information content (AvgIpc) is 2.38. The Morgan fingerprint density at radius 3 is 2.67 bits per heavy atom. The smallest absolute Gasteiger partial charge is 0.180 e. The summed E-state index contributed by atoms with van der Waals surface area (Å²) in [4.78, 5) is 14.5. The number of ketones is 1. The van der Waals surface area contributed by atoms with Gasteiger partial charge in [0.2, 0.25) is 0 Å². The third-order valence-electron chi connectivity index (χ3n) is 3.90. The number of carbonyl (C=O) groups excluding carboxylic acids is 1. The van der Waals surface area contributed by atoms with Crippen molar-refractivity contribution in [3.8, 4) is 0 Å². The molecule has 0 amide bonds. The van der Waals surface area contributed by atoms with Crippen LogP contribution in [0.25, 0.3) is 10.8 Å². The molecule has 0 saturated carbocycles. The molecule has 1 aliphatic carbocycles. The van der Waals surface area contributed by atoms with Gasteiger partial charge in [-0.2, -0.15) is 0 Å². The van der Waals surface area contributed by atoms with Gasteiger partial charge in [-0.25, -0.2) is 0 Å². The van der Waals surface area contributed by atoms with Crippen molar-refractivity contribution in [2.75, 3.05) is 14.1 Å². The molecule has 1 atom stereocenters. The SMILES string of the molecule is CN(C)C1CCc2c(ccc3ccccc23)C1=O. The van der Waals surface area contributed by atoms with Gasteiger partial charge in [-0.3, -0.25) is 9.69 Å². The first-order valence-corrected chi connectivity index (χ1v) is 6.40. The highest BCUT2D eigenvalue weighted by atomic mass is 16.1. The number of hydrogen-bond donors (Lipinski definition) is 0. The molecule has 0 aliphatic heterocycles. The predicted molar refractivity (Wildman–Crippen MR) is 74.1 cm³/mol. The number of nitrogens with zero attached hydrogens (tertiary/aromatic N) is 1. The first-order chi connectivity index (χ1) is 8.68. The molecule has 0 radical (unpaired) electrons. The van der Waals surface area contributed by atoms with Gasteiger partial charge in [0.25, 0.3) is 0 Å². The molecule has 0 fully saturated rings. The van der Waals surface area contributed by atoms with Crippen molar-refractivity contribution in [1.29, 1.82) is 0 Å². The summed E-state index contributed by atoms with van der Waals surface area (Å²) in [5.41, 5.74) is 2.15. The first-order valence-electron chi connectivity index (χ1n) is 6.40. The fourth-order valence-corrected chi connectivity index (χ4v) is 2.92. The van der Waals surface area contributed by atoms with Gasteiger partial charge in [0.05, 0.1) is 6.04 Å². The Bertz CT molecular complexity index is 616. The zero-order chi connectivity index (χ0) is 12.7. The van der Waals surface area contributed by atoms with Crippen LogP contribution >= 0.6 is 0 Å². The average molecular weight is 239 g/mol. The lowest BCUT2D eigenvalue weighted by Gasteiger charge is -2.29. The van der Waals surface area contributed by atoms with E-state index in [2.05, 4.69) is 18.2 Å².